The van der Waals surface area contributed by atoms with Gasteiger partial charge in [-0.3, -0.25) is 19.0 Å². The molecule has 0 radical (unpaired) electrons. The van der Waals surface area contributed by atoms with Crippen LogP contribution in [0.2, 0.25) is 0 Å². The van der Waals surface area contributed by atoms with E-state index in [1.54, 1.807) is 9.47 Å². The lowest BCUT2D eigenvalue weighted by Crippen LogP contribution is -2.57. The Hall–Kier alpha value is -4.15. The van der Waals surface area contributed by atoms with Crippen molar-refractivity contribution in [2.24, 2.45) is 5.92 Å². The molecule has 2 aromatic carbocycles. The average molecular weight is 601 g/mol. The third-order valence-electron chi connectivity index (χ3n) is 9.35. The minimum atomic E-state index is -0.708. The number of hydrogen-bond acceptors (Lipinski definition) is 7. The van der Waals surface area contributed by atoms with Crippen molar-refractivity contribution in [1.29, 1.82) is 0 Å². The first kappa shape index (κ1) is 29.9. The Morgan fingerprint density at radius 2 is 1.82 bits per heavy atom. The van der Waals surface area contributed by atoms with E-state index in [1.165, 1.54) is 6.92 Å². The zero-order valence-corrected chi connectivity index (χ0v) is 25.3. The summed E-state index contributed by atoms with van der Waals surface area (Å²) in [4.78, 5) is 43.7. The van der Waals surface area contributed by atoms with Crippen LogP contribution in [0, 0.1) is 5.92 Å². The first-order valence-electron chi connectivity index (χ1n) is 15.5. The van der Waals surface area contributed by atoms with Crippen molar-refractivity contribution in [3.63, 3.8) is 0 Å². The molecule has 1 aromatic heterocycles. The number of benzene rings is 2. The Balaban J connectivity index is 1.31. The largest absolute Gasteiger partial charge is 0.459 e. The number of allylic oxidation sites excluding steroid dienone is 1. The second kappa shape index (κ2) is 12.5. The fourth-order valence-electron chi connectivity index (χ4n) is 7.11. The molecule has 3 aromatic rings. The molecule has 2 amide bonds. The Kier molecular flexibility index (Phi) is 8.46. The van der Waals surface area contributed by atoms with Gasteiger partial charge in [0.2, 0.25) is 18.1 Å². The minimum absolute atomic E-state index is 0.00774. The molecular weight excluding hydrogens is 560 g/mol. The van der Waals surface area contributed by atoms with Crippen molar-refractivity contribution in [3.05, 3.63) is 78.2 Å². The first-order valence-corrected chi connectivity index (χ1v) is 15.5. The molecule has 0 unspecified atom stereocenters. The second-order valence-corrected chi connectivity index (χ2v) is 11.8. The van der Waals surface area contributed by atoms with Gasteiger partial charge >= 0.3 is 0 Å². The van der Waals surface area contributed by atoms with Crippen LogP contribution in [0.15, 0.2) is 72.6 Å². The zero-order valence-electron chi connectivity index (χ0n) is 25.3. The lowest BCUT2D eigenvalue weighted by Gasteiger charge is -2.44. The lowest BCUT2D eigenvalue weighted by molar-refractivity contribution is -0.171. The Morgan fingerprint density at radius 1 is 1.09 bits per heavy atom. The van der Waals surface area contributed by atoms with Gasteiger partial charge in [-0.1, -0.05) is 36.4 Å². The highest BCUT2D eigenvalue weighted by atomic mass is 16.7. The van der Waals surface area contributed by atoms with Crippen molar-refractivity contribution >= 4 is 34.3 Å². The van der Waals surface area contributed by atoms with Crippen LogP contribution in [-0.4, -0.2) is 77.1 Å². The number of aliphatic hydroxyl groups excluding tert-OH is 1. The number of carbonyl (C=O) groups excluding carboxylic acids is 3. The van der Waals surface area contributed by atoms with Crippen LogP contribution >= 0.6 is 0 Å². The number of likely N-dealkylation sites (tertiary alicyclic amines) is 1. The summed E-state index contributed by atoms with van der Waals surface area (Å²) in [7, 11) is 0. The molecule has 2 saturated heterocycles. The van der Waals surface area contributed by atoms with E-state index in [-0.39, 0.29) is 41.9 Å². The fourth-order valence-corrected chi connectivity index (χ4v) is 7.11. The minimum Gasteiger partial charge on any atom is -0.459 e. The third-order valence-corrected chi connectivity index (χ3v) is 9.35. The topological polar surface area (TPSA) is 113 Å². The summed E-state index contributed by atoms with van der Waals surface area (Å²) in [6, 6.07) is 17.6. The molecule has 3 atom stereocenters. The number of nitrogens with zero attached hydrogens (tertiary/aromatic N) is 3. The summed E-state index contributed by atoms with van der Waals surface area (Å²) < 4.78 is 14.0. The molecule has 0 aliphatic carbocycles. The molecule has 10 heteroatoms. The van der Waals surface area contributed by atoms with E-state index < -0.39 is 11.8 Å². The van der Waals surface area contributed by atoms with Gasteiger partial charge in [0.05, 0.1) is 12.2 Å². The highest BCUT2D eigenvalue weighted by Gasteiger charge is 2.51. The van der Waals surface area contributed by atoms with Crippen LogP contribution in [-0.2, 0) is 19.1 Å². The maximum atomic E-state index is 14.1. The molecule has 44 heavy (non-hydrogen) atoms. The Morgan fingerprint density at radius 3 is 2.52 bits per heavy atom. The molecule has 2 fully saturated rings. The number of amides is 2. The summed E-state index contributed by atoms with van der Waals surface area (Å²) in [5, 5.41) is 13.6. The molecule has 6 rings (SSSR count). The maximum absolute atomic E-state index is 14.1. The fraction of sp³-hybridized carbons (Fsp3) is 0.441. The monoisotopic (exact) mass is 600 g/mol. The van der Waals surface area contributed by atoms with E-state index in [2.05, 4.69) is 10.2 Å². The molecule has 3 aliphatic heterocycles. The number of carbonyl (C=O) groups is 3. The van der Waals surface area contributed by atoms with Gasteiger partial charge in [-0.2, -0.15) is 0 Å². The normalized spacial score (nSPS) is 23.0. The smallest absolute Gasteiger partial charge is 0.288 e. The number of anilines is 1. The van der Waals surface area contributed by atoms with E-state index in [1.807, 2.05) is 73.8 Å². The molecule has 3 aliphatic rings. The van der Waals surface area contributed by atoms with Gasteiger partial charge in [0.1, 0.15) is 5.54 Å². The quantitative estimate of drug-likeness (QED) is 0.402. The summed E-state index contributed by atoms with van der Waals surface area (Å²) in [6.45, 7) is 5.07. The molecule has 0 saturated carbocycles. The van der Waals surface area contributed by atoms with Gasteiger partial charge in [0, 0.05) is 62.3 Å². The molecule has 2 N–H and O–H groups in total. The van der Waals surface area contributed by atoms with E-state index >= 15 is 0 Å². The Bertz CT molecular complexity index is 1560. The number of fused-ring (bicyclic) bond motifs is 1. The van der Waals surface area contributed by atoms with Crippen molar-refractivity contribution in [1.82, 2.24) is 14.8 Å². The van der Waals surface area contributed by atoms with Gasteiger partial charge < -0.3 is 29.7 Å². The number of para-hydroxylation sites is 2. The van der Waals surface area contributed by atoms with E-state index in [0.717, 1.165) is 22.2 Å². The van der Waals surface area contributed by atoms with E-state index in [4.69, 9.17) is 9.47 Å². The highest BCUT2D eigenvalue weighted by Crippen LogP contribution is 2.43. The number of aromatic nitrogens is 1. The predicted molar refractivity (Wildman–Crippen MR) is 166 cm³/mol. The van der Waals surface area contributed by atoms with Crippen LogP contribution < -0.4 is 10.2 Å². The van der Waals surface area contributed by atoms with Gasteiger partial charge in [-0.05, 0) is 62.4 Å². The second-order valence-electron chi connectivity index (χ2n) is 11.8. The maximum Gasteiger partial charge on any atom is 0.288 e. The van der Waals surface area contributed by atoms with Crippen LogP contribution in [0.3, 0.4) is 0 Å². The highest BCUT2D eigenvalue weighted by molar-refractivity contribution is 5.96. The van der Waals surface area contributed by atoms with Crippen molar-refractivity contribution < 1.29 is 29.0 Å². The van der Waals surface area contributed by atoms with Crippen molar-refractivity contribution in [2.45, 2.75) is 57.3 Å². The van der Waals surface area contributed by atoms with Crippen LogP contribution in [0.25, 0.3) is 10.9 Å². The third kappa shape index (κ3) is 5.26. The lowest BCUT2D eigenvalue weighted by atomic mass is 9.80. The molecule has 4 heterocycles. The summed E-state index contributed by atoms with van der Waals surface area (Å²) in [6.07, 6.45) is 5.18. The van der Waals surface area contributed by atoms with E-state index in [9.17, 15) is 19.5 Å². The number of piperidine rings is 1. The zero-order chi connectivity index (χ0) is 30.8. The molecule has 232 valence electrons. The standard InChI is InChI=1S/C34H40N4O6/c1-3-43-32-26(13-9-19-39)27(28-21-37(23(2)40)29-14-8-7-12-25(28)29)20-30(44-32)31(41)36-17-15-34(16-18-36)33(42)35-22-38(34)24-10-5-4-6-11-24/h4-8,10-12,14,20-21,26-27,32,39H,3,9,13,15-19,22H2,1-2H3,(H,35,42)/t26-,27+,32+/m1/s1. The number of rotatable bonds is 8. The van der Waals surface area contributed by atoms with Crippen molar-refractivity contribution in [2.75, 3.05) is 37.9 Å². The SMILES string of the molecule is CCO[C@H]1OC(C(=O)N2CCC3(CC2)C(=O)NCN3c2ccccc2)=C[C@H](c2cn(C(C)=O)c3ccccc23)[C@H]1CCCO. The predicted octanol–water partition coefficient (Wildman–Crippen LogP) is 4.01. The van der Waals surface area contributed by atoms with Gasteiger partial charge in [-0.25, -0.2) is 0 Å². The summed E-state index contributed by atoms with van der Waals surface area (Å²) in [5.41, 5.74) is 1.98. The van der Waals surface area contributed by atoms with Crippen LogP contribution in [0.4, 0.5) is 5.69 Å². The summed E-state index contributed by atoms with van der Waals surface area (Å²) in [5.74, 6) is -0.615. The van der Waals surface area contributed by atoms with Crippen LogP contribution in [0.1, 0.15) is 55.8 Å². The van der Waals surface area contributed by atoms with E-state index in [0.29, 0.717) is 52.0 Å². The molecule has 1 spiro atoms. The first-order chi connectivity index (χ1) is 21.4. The van der Waals surface area contributed by atoms with Gasteiger partial charge in [-0.15, -0.1) is 0 Å². The number of hydrogen-bond donors (Lipinski definition) is 2. The molecule has 0 bridgehead atoms. The average Bonchev–Trinajstić information content (AvgIpc) is 3.59. The number of ether oxygens (including phenoxy) is 2. The van der Waals surface area contributed by atoms with Gasteiger partial charge in [0.15, 0.2) is 5.76 Å². The number of aliphatic hydroxyl groups is 1. The summed E-state index contributed by atoms with van der Waals surface area (Å²) >= 11 is 0. The molecule has 10 nitrogen and oxygen atoms in total. The Labute approximate surface area is 257 Å². The number of nitrogens with one attached hydrogen (secondary N) is 1. The van der Waals surface area contributed by atoms with Crippen LogP contribution in [0.5, 0.6) is 0 Å². The van der Waals surface area contributed by atoms with Gasteiger partial charge in [0.25, 0.3) is 5.91 Å². The molecular formula is C34H40N4O6. The van der Waals surface area contributed by atoms with Crippen molar-refractivity contribution in [3.8, 4) is 0 Å².